The topological polar surface area (TPSA) is 339 Å². The predicted molar refractivity (Wildman–Crippen MR) is 275 cm³/mol. The molecule has 0 spiro atoms. The summed E-state index contributed by atoms with van der Waals surface area (Å²) in [5.41, 5.74) is 0. The standard InChI is InChI=1S/5C8H13N3O2.2C5H5.In.Zr/c5*12-7(13)6-2-5-11-4-1-3-9-8(11)10-6;2*1-2-4-5-3-1;;/h5*6H,1-5H2,(H,9,10)(H,12,13);2*1-3H,4H2;;/q;;;;;;;+3;+2/p-5. The van der Waals surface area contributed by atoms with Crippen LogP contribution >= 0.6 is 0 Å². The van der Waals surface area contributed by atoms with E-state index in [2.05, 4.69) is 113 Å². The minimum atomic E-state index is -1.03. The van der Waals surface area contributed by atoms with Gasteiger partial charge in [0, 0.05) is 98.2 Å². The predicted octanol–water partition coefficient (Wildman–Crippen LogP) is -6.82. The summed E-state index contributed by atoms with van der Waals surface area (Å²) in [5.74, 6) is -1.53. The van der Waals surface area contributed by atoms with Crippen LogP contribution in [0.5, 0.6) is 0 Å². The number of fused-ring (bicyclic) bond motifs is 5. The molecule has 10 aliphatic heterocycles. The summed E-state index contributed by atoms with van der Waals surface area (Å²) in [6.45, 7) is 12.7. The zero-order valence-corrected chi connectivity index (χ0v) is 49.3. The van der Waals surface area contributed by atoms with Crippen LogP contribution in [0, 0.1) is 0 Å². The van der Waals surface area contributed by atoms with E-state index in [1.165, 1.54) is 12.8 Å². The Morgan fingerprint density at radius 3 is 0.792 bits per heavy atom. The van der Waals surface area contributed by atoms with Crippen LogP contribution in [0.3, 0.4) is 0 Å². The molecule has 0 bridgehead atoms. The molecule has 0 saturated carbocycles. The fraction of sp³-hybridized carbons (Fsp3) is 0.640. The van der Waals surface area contributed by atoms with E-state index in [-0.39, 0.29) is 49.1 Å². The first-order chi connectivity index (χ1) is 36.8. The third-order valence-electron chi connectivity index (χ3n) is 14.0. The van der Waals surface area contributed by atoms with E-state index in [1.807, 2.05) is 0 Å². The molecule has 5 atom stereocenters. The molecule has 0 amide bonds. The van der Waals surface area contributed by atoms with E-state index in [0.717, 1.165) is 160 Å². The molecule has 0 aromatic carbocycles. The number of carboxylic acids is 5. The zero-order chi connectivity index (χ0) is 53.8. The number of hydrogen-bond donors (Lipinski definition) is 5. The minimum absolute atomic E-state index is 0. The number of allylic oxidation sites excluding steroid dienone is 8. The van der Waals surface area contributed by atoms with Crippen molar-refractivity contribution in [2.45, 2.75) is 107 Å². The Labute approximate surface area is 479 Å². The summed E-state index contributed by atoms with van der Waals surface area (Å²) < 4.78 is 3.45. The van der Waals surface area contributed by atoms with Crippen molar-refractivity contribution in [3.05, 3.63) is 43.0 Å². The maximum absolute atomic E-state index is 10.6. The summed E-state index contributed by atoms with van der Waals surface area (Å²) in [6.07, 6.45) is 24.3. The van der Waals surface area contributed by atoms with Crippen LogP contribution in [-0.2, 0) is 47.2 Å². The van der Waals surface area contributed by atoms with Crippen molar-refractivity contribution in [1.82, 2.24) is 51.1 Å². The number of nitrogens with zero attached hydrogens (tertiary/aromatic N) is 10. The Hall–Kier alpha value is -5.59. The van der Waals surface area contributed by atoms with Gasteiger partial charge in [-0.3, -0.25) is 25.0 Å². The third-order valence-corrected chi connectivity index (χ3v) is 17.4. The van der Waals surface area contributed by atoms with E-state index >= 15 is 0 Å². The van der Waals surface area contributed by atoms with Crippen LogP contribution in [0.25, 0.3) is 0 Å². The number of carboxylic acid groups (broad SMARTS) is 5. The molecule has 10 heterocycles. The van der Waals surface area contributed by atoms with Gasteiger partial charge in [0.1, 0.15) is 0 Å². The monoisotopic (exact) mass is 1250 g/mol. The second kappa shape index (κ2) is 31.1. The summed E-state index contributed by atoms with van der Waals surface area (Å²) >= 11 is -0.312. The molecule has 412 valence electrons. The zero-order valence-electron chi connectivity index (χ0n) is 43.6. The van der Waals surface area contributed by atoms with Gasteiger partial charge in [0.15, 0.2) is 29.8 Å². The average Bonchev–Trinajstić information content (AvgIpc) is 4.19. The normalized spacial score (nSPS) is 25.8. The van der Waals surface area contributed by atoms with Crippen LogP contribution < -0.4 is 52.1 Å². The van der Waals surface area contributed by atoms with Gasteiger partial charge in [-0.2, -0.15) is 0 Å². The summed E-state index contributed by atoms with van der Waals surface area (Å²) in [5, 5.41) is 67.3. The van der Waals surface area contributed by atoms with Gasteiger partial charge in [0.2, 0.25) is 0 Å². The molecule has 5 N–H and O–H groups in total. The number of hydrogen-bond acceptors (Lipinski definition) is 25. The maximum Gasteiger partial charge on any atom is 3.00 e. The Morgan fingerprint density at radius 1 is 0.390 bits per heavy atom. The second-order valence-electron chi connectivity index (χ2n) is 19.5. The summed E-state index contributed by atoms with van der Waals surface area (Å²) in [4.78, 5) is 84.5. The first kappa shape index (κ1) is 60.6. The molecule has 12 rings (SSSR count). The van der Waals surface area contributed by atoms with Crippen molar-refractivity contribution in [3.8, 4) is 0 Å². The number of aliphatic imine (C=N–C) groups is 5. The molecule has 77 heavy (non-hydrogen) atoms. The average molecular weight is 1250 g/mol. The van der Waals surface area contributed by atoms with Crippen molar-refractivity contribution >= 4 is 85.5 Å². The first-order valence-electron chi connectivity index (χ1n) is 26.6. The van der Waals surface area contributed by atoms with Crippen LogP contribution in [0.2, 0.25) is 0 Å². The Balaban J connectivity index is 0.000000149. The Bertz CT molecular complexity index is 2030. The smallest absolute Gasteiger partial charge is 0.548 e. The Morgan fingerprint density at radius 2 is 0.610 bits per heavy atom. The minimum Gasteiger partial charge on any atom is -0.548 e. The molecule has 2 aliphatic carbocycles. The molecule has 12 aliphatic rings. The fourth-order valence-corrected chi connectivity index (χ4v) is 12.7. The molecule has 0 radical (unpaired) electrons. The number of nitrogens with one attached hydrogen (secondary N) is 5. The van der Waals surface area contributed by atoms with Gasteiger partial charge in [-0.05, 0) is 64.2 Å². The second-order valence-corrected chi connectivity index (χ2v) is 23.3. The molecule has 0 aromatic heterocycles. The number of aliphatic carboxylic acids is 5. The van der Waals surface area contributed by atoms with Gasteiger partial charge in [-0.25, -0.2) is 0 Å². The van der Waals surface area contributed by atoms with E-state index in [4.69, 9.17) is 0 Å². The molecule has 5 saturated heterocycles. The van der Waals surface area contributed by atoms with Crippen LogP contribution in [-0.4, -0.2) is 238 Å². The van der Waals surface area contributed by atoms with E-state index in [1.54, 1.807) is 6.56 Å². The van der Waals surface area contributed by atoms with Gasteiger partial charge in [-0.15, -0.1) is 0 Å². The van der Waals surface area contributed by atoms with E-state index < -0.39 is 60.1 Å². The van der Waals surface area contributed by atoms with Gasteiger partial charge in [0.25, 0.3) is 0 Å². The summed E-state index contributed by atoms with van der Waals surface area (Å²) in [6, 6.07) is -2.81. The SMILES string of the molecule is C1=CC[C]([Zr+2][C]2=CC=CC2)=C1.O=C([O-])C1CCN2CCCN=C2N1.O=C([O-])C1CCN2CCCN=C2N1.O=C([O-])C1CCN2CCCN=C2N1.O=C([O-])C1CCN2CCCN=C2N1.O=C([O-])C1CCN2CCCN=C2N1.[In+3]. The Kier molecular flexibility index (Phi) is 24.5. The van der Waals surface area contributed by atoms with Crippen molar-refractivity contribution in [1.29, 1.82) is 0 Å². The van der Waals surface area contributed by atoms with Crippen molar-refractivity contribution in [3.63, 3.8) is 0 Å². The number of carbonyl (C=O) groups excluding carboxylic acids is 5. The number of carbonyl (C=O) groups is 5. The molecule has 0 aromatic rings. The molecule has 25 nitrogen and oxygen atoms in total. The first-order valence-corrected chi connectivity index (χ1v) is 29.1. The van der Waals surface area contributed by atoms with Gasteiger partial charge >= 0.3 is 105 Å². The number of rotatable bonds is 7. The van der Waals surface area contributed by atoms with Crippen molar-refractivity contribution in [2.24, 2.45) is 25.0 Å². The van der Waals surface area contributed by atoms with Crippen molar-refractivity contribution < 1.29 is 72.7 Å². The van der Waals surface area contributed by atoms with Crippen molar-refractivity contribution in [2.75, 3.05) is 98.2 Å². The molecule has 5 fully saturated rings. The largest absolute Gasteiger partial charge is 3.00 e. The maximum atomic E-state index is 10.6. The third kappa shape index (κ3) is 18.8. The number of guanidine groups is 5. The van der Waals surface area contributed by atoms with Gasteiger partial charge in [0.05, 0.1) is 60.1 Å². The van der Waals surface area contributed by atoms with Crippen LogP contribution in [0.15, 0.2) is 68.0 Å². The van der Waals surface area contributed by atoms with E-state index in [9.17, 15) is 49.5 Å². The van der Waals surface area contributed by atoms with Crippen LogP contribution in [0.4, 0.5) is 0 Å². The molecular weight excluding hydrogens is 1180 g/mol. The van der Waals surface area contributed by atoms with Gasteiger partial charge in [-0.1, -0.05) is 0 Å². The molecular formula is C50H70InN15O10Zr. The fourth-order valence-electron chi connectivity index (χ4n) is 9.77. The molecule has 27 heteroatoms. The quantitative estimate of drug-likeness (QED) is 0.158. The van der Waals surface area contributed by atoms with Gasteiger partial charge < -0.3 is 101 Å². The van der Waals surface area contributed by atoms with E-state index in [0.29, 0.717) is 32.1 Å². The molecule has 5 unspecified atom stereocenters. The van der Waals surface area contributed by atoms with Crippen LogP contribution in [0.1, 0.15) is 77.0 Å². The summed E-state index contributed by atoms with van der Waals surface area (Å²) in [7, 11) is 0.